The highest BCUT2D eigenvalue weighted by molar-refractivity contribution is 9.10. The van der Waals surface area contributed by atoms with Gasteiger partial charge in [0.1, 0.15) is 5.82 Å². The van der Waals surface area contributed by atoms with Crippen molar-refractivity contribution in [2.24, 2.45) is 13.0 Å². The second-order valence-electron chi connectivity index (χ2n) is 6.42. The summed E-state index contributed by atoms with van der Waals surface area (Å²) >= 11 is 5.24. The molecule has 0 saturated heterocycles. The van der Waals surface area contributed by atoms with Crippen LogP contribution in [0.2, 0.25) is 0 Å². The molecule has 0 unspecified atom stereocenters. The van der Waals surface area contributed by atoms with Gasteiger partial charge in [0.25, 0.3) is 0 Å². The minimum atomic E-state index is 0.902. The molecule has 5 heteroatoms. The first-order valence-corrected chi connectivity index (χ1v) is 10.3. The standard InChI is InChI=1S/C18H24BrN3S/c1-22-17(12-9-14-5-3-2-4-6-14)20-21-18(22)23-13-15-7-10-16(19)11-8-15/h7-8,10-11,14H,2-6,9,12-13H2,1H3. The number of aromatic nitrogens is 3. The van der Waals surface area contributed by atoms with Crippen LogP contribution in [0.5, 0.6) is 0 Å². The summed E-state index contributed by atoms with van der Waals surface area (Å²) < 4.78 is 3.29. The second-order valence-corrected chi connectivity index (χ2v) is 8.27. The fraction of sp³-hybridized carbons (Fsp3) is 0.556. The number of aryl methyl sites for hydroxylation is 1. The first-order chi connectivity index (χ1) is 11.2. The normalized spacial score (nSPS) is 15.9. The van der Waals surface area contributed by atoms with Crippen molar-refractivity contribution in [1.82, 2.24) is 14.8 Å². The lowest BCUT2D eigenvalue weighted by Gasteiger charge is -2.20. The summed E-state index contributed by atoms with van der Waals surface area (Å²) in [5.41, 5.74) is 1.31. The summed E-state index contributed by atoms with van der Waals surface area (Å²) in [6, 6.07) is 8.47. The van der Waals surface area contributed by atoms with Crippen LogP contribution in [-0.4, -0.2) is 14.8 Å². The summed E-state index contributed by atoms with van der Waals surface area (Å²) in [7, 11) is 2.10. The van der Waals surface area contributed by atoms with E-state index < -0.39 is 0 Å². The molecule has 0 aliphatic heterocycles. The zero-order valence-electron chi connectivity index (χ0n) is 13.7. The fourth-order valence-electron chi connectivity index (χ4n) is 3.23. The van der Waals surface area contributed by atoms with Gasteiger partial charge in [-0.3, -0.25) is 0 Å². The maximum atomic E-state index is 4.41. The van der Waals surface area contributed by atoms with E-state index in [0.717, 1.165) is 33.5 Å². The number of rotatable bonds is 6. The molecule has 1 heterocycles. The van der Waals surface area contributed by atoms with E-state index in [0.29, 0.717) is 0 Å². The third-order valence-electron chi connectivity index (χ3n) is 4.71. The molecule has 1 aromatic carbocycles. The van der Waals surface area contributed by atoms with E-state index in [1.165, 1.54) is 44.1 Å². The molecule has 1 aliphatic rings. The number of nitrogens with zero attached hydrogens (tertiary/aromatic N) is 3. The van der Waals surface area contributed by atoms with Crippen molar-refractivity contribution in [1.29, 1.82) is 0 Å². The Morgan fingerprint density at radius 1 is 1.13 bits per heavy atom. The van der Waals surface area contributed by atoms with E-state index in [1.54, 1.807) is 11.8 Å². The Hall–Kier alpha value is -0.810. The number of benzene rings is 1. The molecule has 0 amide bonds. The number of thioether (sulfide) groups is 1. The van der Waals surface area contributed by atoms with Crippen LogP contribution in [0.4, 0.5) is 0 Å². The lowest BCUT2D eigenvalue weighted by molar-refractivity contribution is 0.336. The highest BCUT2D eigenvalue weighted by Crippen LogP contribution is 2.28. The van der Waals surface area contributed by atoms with Gasteiger partial charge in [0.2, 0.25) is 0 Å². The molecule has 23 heavy (non-hydrogen) atoms. The Kier molecular flexibility index (Phi) is 6.17. The predicted molar refractivity (Wildman–Crippen MR) is 99.6 cm³/mol. The Labute approximate surface area is 151 Å². The van der Waals surface area contributed by atoms with Gasteiger partial charge in [0.15, 0.2) is 5.16 Å². The van der Waals surface area contributed by atoms with E-state index in [2.05, 4.69) is 62.0 Å². The van der Waals surface area contributed by atoms with Crippen LogP contribution in [0.1, 0.15) is 49.9 Å². The van der Waals surface area contributed by atoms with Crippen molar-refractivity contribution < 1.29 is 0 Å². The summed E-state index contributed by atoms with van der Waals surface area (Å²) in [4.78, 5) is 0. The van der Waals surface area contributed by atoms with Gasteiger partial charge in [-0.05, 0) is 30.0 Å². The van der Waals surface area contributed by atoms with Gasteiger partial charge in [-0.15, -0.1) is 10.2 Å². The van der Waals surface area contributed by atoms with Crippen molar-refractivity contribution in [3.63, 3.8) is 0 Å². The number of hydrogen-bond donors (Lipinski definition) is 0. The van der Waals surface area contributed by atoms with Crippen molar-refractivity contribution in [3.05, 3.63) is 40.1 Å². The lowest BCUT2D eigenvalue weighted by Crippen LogP contribution is -2.09. The molecule has 3 rings (SSSR count). The molecule has 2 aromatic rings. The topological polar surface area (TPSA) is 30.7 Å². The van der Waals surface area contributed by atoms with E-state index in [4.69, 9.17) is 0 Å². The molecule has 0 spiro atoms. The van der Waals surface area contributed by atoms with Crippen molar-refractivity contribution in [2.45, 2.75) is 55.9 Å². The van der Waals surface area contributed by atoms with Crippen LogP contribution >= 0.6 is 27.7 Å². The first kappa shape index (κ1) is 17.0. The molecule has 1 aromatic heterocycles. The smallest absolute Gasteiger partial charge is 0.191 e. The average molecular weight is 394 g/mol. The molecule has 0 N–H and O–H groups in total. The summed E-state index contributed by atoms with van der Waals surface area (Å²) in [6.07, 6.45) is 9.40. The molecule has 1 aliphatic carbocycles. The Balaban J connectivity index is 1.52. The van der Waals surface area contributed by atoms with Gasteiger partial charge in [-0.1, -0.05) is 71.9 Å². The SMILES string of the molecule is Cn1c(CCC2CCCCC2)nnc1SCc1ccc(Br)cc1. The predicted octanol–water partition coefficient (Wildman–Crippen LogP) is 5.38. The van der Waals surface area contributed by atoms with E-state index in [9.17, 15) is 0 Å². The van der Waals surface area contributed by atoms with Gasteiger partial charge in [-0.2, -0.15) is 0 Å². The van der Waals surface area contributed by atoms with Crippen LogP contribution in [-0.2, 0) is 19.2 Å². The molecular formula is C18H24BrN3S. The molecule has 1 saturated carbocycles. The number of hydrogen-bond acceptors (Lipinski definition) is 3. The number of halogens is 1. The Bertz CT molecular complexity index is 618. The zero-order chi connectivity index (χ0) is 16.1. The summed E-state index contributed by atoms with van der Waals surface area (Å²) in [5.74, 6) is 2.97. The van der Waals surface area contributed by atoms with Crippen LogP contribution in [0.15, 0.2) is 33.9 Å². The zero-order valence-corrected chi connectivity index (χ0v) is 16.1. The third kappa shape index (κ3) is 4.83. The van der Waals surface area contributed by atoms with Crippen LogP contribution < -0.4 is 0 Å². The Morgan fingerprint density at radius 2 is 1.87 bits per heavy atom. The van der Waals surface area contributed by atoms with Crippen LogP contribution in [0.3, 0.4) is 0 Å². The molecule has 0 radical (unpaired) electrons. The van der Waals surface area contributed by atoms with Crippen molar-refractivity contribution >= 4 is 27.7 Å². The molecule has 0 atom stereocenters. The molecule has 1 fully saturated rings. The summed E-state index contributed by atoms with van der Waals surface area (Å²) in [5, 5.41) is 9.81. The van der Waals surface area contributed by atoms with Gasteiger partial charge < -0.3 is 4.57 Å². The van der Waals surface area contributed by atoms with Crippen molar-refractivity contribution in [2.75, 3.05) is 0 Å². The quantitative estimate of drug-likeness (QED) is 0.616. The average Bonchev–Trinajstić information content (AvgIpc) is 2.93. The molecular weight excluding hydrogens is 370 g/mol. The Morgan fingerprint density at radius 3 is 2.61 bits per heavy atom. The van der Waals surface area contributed by atoms with Gasteiger partial charge >= 0.3 is 0 Å². The van der Waals surface area contributed by atoms with Gasteiger partial charge in [0, 0.05) is 23.7 Å². The largest absolute Gasteiger partial charge is 0.309 e. The van der Waals surface area contributed by atoms with E-state index >= 15 is 0 Å². The van der Waals surface area contributed by atoms with Crippen LogP contribution in [0.25, 0.3) is 0 Å². The van der Waals surface area contributed by atoms with Crippen molar-refractivity contribution in [3.8, 4) is 0 Å². The highest BCUT2D eigenvalue weighted by Gasteiger charge is 2.15. The molecule has 124 valence electrons. The maximum Gasteiger partial charge on any atom is 0.191 e. The third-order valence-corrected chi connectivity index (χ3v) is 6.33. The molecule has 0 bridgehead atoms. The fourth-order valence-corrected chi connectivity index (χ4v) is 4.38. The van der Waals surface area contributed by atoms with Crippen LogP contribution in [0, 0.1) is 5.92 Å². The molecule has 3 nitrogen and oxygen atoms in total. The van der Waals surface area contributed by atoms with E-state index in [1.807, 2.05) is 0 Å². The summed E-state index contributed by atoms with van der Waals surface area (Å²) in [6.45, 7) is 0. The highest BCUT2D eigenvalue weighted by atomic mass is 79.9. The van der Waals surface area contributed by atoms with Gasteiger partial charge in [-0.25, -0.2) is 0 Å². The van der Waals surface area contributed by atoms with Gasteiger partial charge in [0.05, 0.1) is 0 Å². The monoisotopic (exact) mass is 393 g/mol. The minimum absolute atomic E-state index is 0.902. The first-order valence-electron chi connectivity index (χ1n) is 8.48. The van der Waals surface area contributed by atoms with E-state index in [-0.39, 0.29) is 0 Å². The minimum Gasteiger partial charge on any atom is -0.309 e. The lowest BCUT2D eigenvalue weighted by atomic mass is 9.86. The maximum absolute atomic E-state index is 4.41. The second kappa shape index (κ2) is 8.34.